The second-order valence-corrected chi connectivity index (χ2v) is 8.81. The number of para-hydroxylation sites is 1. The van der Waals surface area contributed by atoms with E-state index in [4.69, 9.17) is 4.74 Å². The van der Waals surface area contributed by atoms with Crippen molar-refractivity contribution in [3.8, 4) is 5.75 Å². The summed E-state index contributed by atoms with van der Waals surface area (Å²) in [7, 11) is 0. The van der Waals surface area contributed by atoms with Crippen molar-refractivity contribution in [1.29, 1.82) is 0 Å². The van der Waals surface area contributed by atoms with Gasteiger partial charge in [0.05, 0.1) is 6.54 Å². The molecule has 2 unspecified atom stereocenters. The van der Waals surface area contributed by atoms with Crippen LogP contribution in [0, 0.1) is 11.2 Å². The van der Waals surface area contributed by atoms with E-state index >= 15 is 0 Å². The minimum atomic E-state index is -0.705. The van der Waals surface area contributed by atoms with Crippen LogP contribution in [-0.4, -0.2) is 78.8 Å². The fourth-order valence-corrected chi connectivity index (χ4v) is 3.18. The SMILES string of the molecule is CC1CN(CC(=O)NCC(C)(C)C)CCN1CC(O)COc1ccccc1F. The van der Waals surface area contributed by atoms with Crippen molar-refractivity contribution in [1.82, 2.24) is 15.1 Å². The van der Waals surface area contributed by atoms with E-state index < -0.39 is 11.9 Å². The number of carbonyl (C=O) groups is 1. The van der Waals surface area contributed by atoms with Gasteiger partial charge in [0.1, 0.15) is 12.7 Å². The lowest BCUT2D eigenvalue weighted by Gasteiger charge is -2.40. The number of aliphatic hydroxyl groups excluding tert-OH is 1. The lowest BCUT2D eigenvalue weighted by atomic mass is 9.97. The first-order valence-corrected chi connectivity index (χ1v) is 9.92. The normalized spacial score (nSPS) is 20.0. The Hall–Kier alpha value is -1.70. The van der Waals surface area contributed by atoms with Crippen LogP contribution in [0.25, 0.3) is 0 Å². The highest BCUT2D eigenvalue weighted by Crippen LogP contribution is 2.16. The Morgan fingerprint density at radius 1 is 1.36 bits per heavy atom. The van der Waals surface area contributed by atoms with E-state index in [1.54, 1.807) is 18.2 Å². The fraction of sp³-hybridized carbons (Fsp3) is 0.667. The number of nitrogens with one attached hydrogen (secondary N) is 1. The largest absolute Gasteiger partial charge is 0.488 e. The molecule has 0 aromatic heterocycles. The van der Waals surface area contributed by atoms with Gasteiger partial charge in [0, 0.05) is 38.8 Å². The van der Waals surface area contributed by atoms with E-state index in [1.807, 2.05) is 0 Å². The van der Waals surface area contributed by atoms with Gasteiger partial charge in [-0.2, -0.15) is 0 Å². The first-order valence-electron chi connectivity index (χ1n) is 9.92. The molecular weight excluding hydrogens is 361 g/mol. The third kappa shape index (κ3) is 7.73. The highest BCUT2D eigenvalue weighted by Gasteiger charge is 2.26. The number of benzene rings is 1. The molecule has 2 N–H and O–H groups in total. The van der Waals surface area contributed by atoms with Crippen molar-refractivity contribution in [3.63, 3.8) is 0 Å². The zero-order valence-electron chi connectivity index (χ0n) is 17.4. The van der Waals surface area contributed by atoms with Crippen LogP contribution >= 0.6 is 0 Å². The molecule has 0 aliphatic carbocycles. The second-order valence-electron chi connectivity index (χ2n) is 8.81. The molecule has 0 radical (unpaired) electrons. The van der Waals surface area contributed by atoms with Gasteiger partial charge in [0.25, 0.3) is 0 Å². The van der Waals surface area contributed by atoms with E-state index in [-0.39, 0.29) is 29.7 Å². The van der Waals surface area contributed by atoms with Crippen molar-refractivity contribution >= 4 is 5.91 Å². The molecular formula is C21H34FN3O3. The van der Waals surface area contributed by atoms with Gasteiger partial charge in [0.15, 0.2) is 11.6 Å². The summed E-state index contributed by atoms with van der Waals surface area (Å²) in [6.45, 7) is 12.2. The number of aliphatic hydroxyl groups is 1. The molecule has 1 aromatic rings. The molecule has 28 heavy (non-hydrogen) atoms. The number of ether oxygens (including phenoxy) is 1. The Labute approximate surface area is 167 Å². The summed E-state index contributed by atoms with van der Waals surface area (Å²) in [6, 6.07) is 6.40. The minimum Gasteiger partial charge on any atom is -0.488 e. The highest BCUT2D eigenvalue weighted by molar-refractivity contribution is 5.78. The third-order valence-corrected chi connectivity index (χ3v) is 4.75. The zero-order valence-corrected chi connectivity index (χ0v) is 17.4. The number of hydrogen-bond donors (Lipinski definition) is 2. The lowest BCUT2D eigenvalue weighted by Crippen LogP contribution is -2.55. The van der Waals surface area contributed by atoms with Gasteiger partial charge < -0.3 is 15.2 Å². The van der Waals surface area contributed by atoms with E-state index in [2.05, 4.69) is 42.8 Å². The number of amides is 1. The summed E-state index contributed by atoms with van der Waals surface area (Å²) < 4.78 is 19.0. The van der Waals surface area contributed by atoms with Crippen LogP contribution < -0.4 is 10.1 Å². The van der Waals surface area contributed by atoms with Gasteiger partial charge in [-0.1, -0.05) is 32.9 Å². The number of halogens is 1. The quantitative estimate of drug-likeness (QED) is 0.702. The van der Waals surface area contributed by atoms with Crippen molar-refractivity contribution in [2.24, 2.45) is 5.41 Å². The average Bonchev–Trinajstić information content (AvgIpc) is 2.61. The molecule has 1 heterocycles. The van der Waals surface area contributed by atoms with Gasteiger partial charge in [-0.05, 0) is 24.5 Å². The Kier molecular flexibility index (Phi) is 8.22. The molecule has 1 amide bonds. The molecule has 0 bridgehead atoms. The maximum atomic E-state index is 13.6. The molecule has 1 aromatic carbocycles. The number of carbonyl (C=O) groups excluding carboxylic acids is 1. The molecule has 0 saturated carbocycles. The molecule has 1 fully saturated rings. The maximum absolute atomic E-state index is 13.6. The molecule has 1 saturated heterocycles. The zero-order chi connectivity index (χ0) is 20.7. The van der Waals surface area contributed by atoms with Gasteiger partial charge in [-0.3, -0.25) is 14.6 Å². The van der Waals surface area contributed by atoms with E-state index in [0.29, 0.717) is 19.6 Å². The monoisotopic (exact) mass is 395 g/mol. The third-order valence-electron chi connectivity index (χ3n) is 4.75. The van der Waals surface area contributed by atoms with E-state index in [1.165, 1.54) is 6.07 Å². The summed E-state index contributed by atoms with van der Waals surface area (Å²) in [5.41, 5.74) is 0.0719. The predicted molar refractivity (Wildman–Crippen MR) is 108 cm³/mol. The number of piperazine rings is 1. The minimum absolute atomic E-state index is 0.0447. The van der Waals surface area contributed by atoms with Crippen LogP contribution in [0.3, 0.4) is 0 Å². The van der Waals surface area contributed by atoms with Gasteiger partial charge in [0.2, 0.25) is 5.91 Å². The Balaban J connectivity index is 1.71. The first kappa shape index (κ1) is 22.6. The van der Waals surface area contributed by atoms with Gasteiger partial charge in [-0.15, -0.1) is 0 Å². The van der Waals surface area contributed by atoms with Gasteiger partial charge in [-0.25, -0.2) is 4.39 Å². The second kappa shape index (κ2) is 10.2. The lowest BCUT2D eigenvalue weighted by molar-refractivity contribution is -0.123. The standard InChI is InChI=1S/C21H34FN3O3/c1-16-11-24(13-20(27)23-15-21(2,3)4)9-10-25(16)12-17(26)14-28-19-8-6-5-7-18(19)22/h5-8,16-17,26H,9-15H2,1-4H3,(H,23,27). The van der Waals surface area contributed by atoms with Gasteiger partial charge >= 0.3 is 0 Å². The summed E-state index contributed by atoms with van der Waals surface area (Å²) in [4.78, 5) is 16.4. The fourth-order valence-electron chi connectivity index (χ4n) is 3.18. The summed E-state index contributed by atoms with van der Waals surface area (Å²) in [5.74, 6) is -0.226. The molecule has 1 aliphatic heterocycles. The van der Waals surface area contributed by atoms with Crippen molar-refractivity contribution < 1.29 is 19.0 Å². The molecule has 7 heteroatoms. The summed E-state index contributed by atoms with van der Waals surface area (Å²) in [5, 5.41) is 13.2. The predicted octanol–water partition coefficient (Wildman–Crippen LogP) is 1.73. The first-order chi connectivity index (χ1) is 13.1. The number of β-amino-alcohol motifs (C(OH)–C–C–N with tert-alkyl or cyclic N) is 1. The topological polar surface area (TPSA) is 65.0 Å². The van der Waals surface area contributed by atoms with E-state index in [9.17, 15) is 14.3 Å². The average molecular weight is 396 g/mol. The maximum Gasteiger partial charge on any atom is 0.234 e. The van der Waals surface area contributed by atoms with Crippen LogP contribution in [0.1, 0.15) is 27.7 Å². The Morgan fingerprint density at radius 2 is 2.07 bits per heavy atom. The summed E-state index contributed by atoms with van der Waals surface area (Å²) in [6.07, 6.45) is -0.705. The molecule has 1 aliphatic rings. The molecule has 158 valence electrons. The summed E-state index contributed by atoms with van der Waals surface area (Å²) >= 11 is 0. The van der Waals surface area contributed by atoms with Crippen LogP contribution in [0.2, 0.25) is 0 Å². The number of rotatable bonds is 8. The van der Waals surface area contributed by atoms with Crippen LogP contribution in [0.4, 0.5) is 4.39 Å². The van der Waals surface area contributed by atoms with Crippen molar-refractivity contribution in [2.45, 2.75) is 39.8 Å². The smallest absolute Gasteiger partial charge is 0.234 e. The number of hydrogen-bond acceptors (Lipinski definition) is 5. The van der Waals surface area contributed by atoms with Crippen LogP contribution in [0.5, 0.6) is 5.75 Å². The molecule has 2 rings (SSSR count). The Bertz CT molecular complexity index is 636. The molecule has 0 spiro atoms. The van der Waals surface area contributed by atoms with E-state index in [0.717, 1.165) is 19.6 Å². The van der Waals surface area contributed by atoms with Crippen LogP contribution in [-0.2, 0) is 4.79 Å². The van der Waals surface area contributed by atoms with Crippen molar-refractivity contribution in [2.75, 3.05) is 45.9 Å². The molecule has 2 atom stereocenters. The highest BCUT2D eigenvalue weighted by atomic mass is 19.1. The Morgan fingerprint density at radius 3 is 2.71 bits per heavy atom. The number of nitrogens with zero attached hydrogens (tertiary/aromatic N) is 2. The molecule has 6 nitrogen and oxygen atoms in total. The van der Waals surface area contributed by atoms with Crippen LogP contribution in [0.15, 0.2) is 24.3 Å². The van der Waals surface area contributed by atoms with Crippen molar-refractivity contribution in [3.05, 3.63) is 30.1 Å².